The van der Waals surface area contributed by atoms with Gasteiger partial charge in [0.2, 0.25) is 5.91 Å². The molecule has 2 aliphatic rings. The van der Waals surface area contributed by atoms with Crippen molar-refractivity contribution in [3.8, 4) is 11.4 Å². The van der Waals surface area contributed by atoms with Crippen molar-refractivity contribution in [3.63, 3.8) is 0 Å². The lowest BCUT2D eigenvalue weighted by atomic mass is 9.99. The molecule has 1 amide bonds. The summed E-state index contributed by atoms with van der Waals surface area (Å²) in [7, 11) is 0. The maximum absolute atomic E-state index is 13.1. The summed E-state index contributed by atoms with van der Waals surface area (Å²) in [4.78, 5) is 31.9. The van der Waals surface area contributed by atoms with Gasteiger partial charge in [-0.2, -0.15) is 0 Å². The van der Waals surface area contributed by atoms with Crippen molar-refractivity contribution in [1.82, 2.24) is 15.3 Å². The molecular formula is C21H24FN3O2. The van der Waals surface area contributed by atoms with Crippen LogP contribution in [0.5, 0.6) is 0 Å². The van der Waals surface area contributed by atoms with Crippen molar-refractivity contribution < 1.29 is 9.18 Å². The molecule has 1 heterocycles. The van der Waals surface area contributed by atoms with Crippen LogP contribution in [0.1, 0.15) is 43.4 Å². The molecule has 2 aromatic rings. The highest BCUT2D eigenvalue weighted by Gasteiger charge is 2.25. The fourth-order valence-corrected chi connectivity index (χ4v) is 3.71. The van der Waals surface area contributed by atoms with E-state index in [1.807, 2.05) is 0 Å². The zero-order chi connectivity index (χ0) is 18.8. The van der Waals surface area contributed by atoms with Crippen LogP contribution in [0.25, 0.3) is 11.4 Å². The molecule has 0 radical (unpaired) electrons. The van der Waals surface area contributed by atoms with E-state index >= 15 is 0 Å². The van der Waals surface area contributed by atoms with Crippen LogP contribution in [-0.4, -0.2) is 22.4 Å². The van der Waals surface area contributed by atoms with E-state index in [1.54, 1.807) is 12.1 Å². The van der Waals surface area contributed by atoms with E-state index in [9.17, 15) is 14.0 Å². The number of H-pyrrole nitrogens is 1. The van der Waals surface area contributed by atoms with E-state index in [2.05, 4.69) is 15.3 Å². The Hall–Kier alpha value is -2.50. The number of benzene rings is 1. The molecule has 0 aliphatic heterocycles. The molecule has 1 aromatic heterocycles. The number of hydrogen-bond donors (Lipinski definition) is 2. The summed E-state index contributed by atoms with van der Waals surface area (Å²) in [6.45, 7) is 0.669. The van der Waals surface area contributed by atoms with Gasteiger partial charge >= 0.3 is 0 Å². The van der Waals surface area contributed by atoms with Crippen molar-refractivity contribution in [3.05, 3.63) is 51.7 Å². The standard InChI is InChI=1S/C21H24FN3O2/c22-16-7-5-15(6-8-16)20-24-18-10-4-14(3-9-17(18)21(27)25-20)12-23-19(26)11-13-1-2-13/h5-8,13-14H,1-4,9-12H2,(H,23,26)(H,24,25,27). The minimum absolute atomic E-state index is 0.113. The molecule has 0 saturated heterocycles. The Morgan fingerprint density at radius 3 is 2.59 bits per heavy atom. The maximum Gasteiger partial charge on any atom is 0.254 e. The zero-order valence-electron chi connectivity index (χ0n) is 15.3. The molecule has 0 spiro atoms. The van der Waals surface area contributed by atoms with E-state index in [-0.39, 0.29) is 17.3 Å². The Morgan fingerprint density at radius 2 is 1.85 bits per heavy atom. The predicted molar refractivity (Wildman–Crippen MR) is 101 cm³/mol. The number of amides is 1. The number of aromatic nitrogens is 2. The third-order valence-corrected chi connectivity index (χ3v) is 5.57. The molecule has 1 saturated carbocycles. The smallest absolute Gasteiger partial charge is 0.254 e. The SMILES string of the molecule is O=C(CC1CC1)NCC1CCc2nc(-c3ccc(F)cc3)[nH]c(=O)c2CC1. The minimum Gasteiger partial charge on any atom is -0.356 e. The second-order valence-corrected chi connectivity index (χ2v) is 7.74. The predicted octanol–water partition coefficient (Wildman–Crippen LogP) is 2.99. The van der Waals surface area contributed by atoms with Gasteiger partial charge in [0.05, 0.1) is 5.69 Å². The van der Waals surface area contributed by atoms with Crippen LogP contribution in [0.4, 0.5) is 4.39 Å². The minimum atomic E-state index is -0.317. The third kappa shape index (κ3) is 4.43. The van der Waals surface area contributed by atoms with Crippen LogP contribution in [0.3, 0.4) is 0 Å². The van der Waals surface area contributed by atoms with Crippen LogP contribution in [0, 0.1) is 17.7 Å². The first-order chi connectivity index (χ1) is 13.1. The van der Waals surface area contributed by atoms with Gasteiger partial charge in [0.15, 0.2) is 0 Å². The molecular weight excluding hydrogens is 345 g/mol. The first-order valence-corrected chi connectivity index (χ1v) is 9.73. The van der Waals surface area contributed by atoms with Crippen LogP contribution in [0.2, 0.25) is 0 Å². The highest BCUT2D eigenvalue weighted by molar-refractivity contribution is 5.76. The lowest BCUT2D eigenvalue weighted by molar-refractivity contribution is -0.121. The van der Waals surface area contributed by atoms with Gasteiger partial charge in [0.1, 0.15) is 11.6 Å². The fraction of sp³-hybridized carbons (Fsp3) is 0.476. The Morgan fingerprint density at radius 1 is 1.11 bits per heavy atom. The van der Waals surface area contributed by atoms with Gasteiger partial charge in [-0.3, -0.25) is 9.59 Å². The Bertz CT molecular complexity index is 887. The second-order valence-electron chi connectivity index (χ2n) is 7.74. The van der Waals surface area contributed by atoms with Crippen LogP contribution < -0.4 is 10.9 Å². The monoisotopic (exact) mass is 369 g/mol. The highest BCUT2D eigenvalue weighted by atomic mass is 19.1. The lowest BCUT2D eigenvalue weighted by Gasteiger charge is -2.14. The van der Waals surface area contributed by atoms with Crippen molar-refractivity contribution in [2.75, 3.05) is 6.54 Å². The number of hydrogen-bond acceptors (Lipinski definition) is 3. The second kappa shape index (κ2) is 7.62. The number of halogens is 1. The number of nitrogens with one attached hydrogen (secondary N) is 2. The van der Waals surface area contributed by atoms with Crippen LogP contribution >= 0.6 is 0 Å². The molecule has 2 N–H and O–H groups in total. The molecule has 2 aliphatic carbocycles. The molecule has 4 rings (SSSR count). The largest absolute Gasteiger partial charge is 0.356 e. The normalized spacial score (nSPS) is 19.2. The van der Waals surface area contributed by atoms with E-state index < -0.39 is 0 Å². The summed E-state index contributed by atoms with van der Waals surface area (Å²) in [5, 5.41) is 3.05. The van der Waals surface area contributed by atoms with Gasteiger partial charge in [-0.1, -0.05) is 0 Å². The van der Waals surface area contributed by atoms with Gasteiger partial charge in [-0.05, 0) is 74.6 Å². The Balaban J connectivity index is 1.43. The van der Waals surface area contributed by atoms with Gasteiger partial charge in [0.25, 0.3) is 5.56 Å². The van der Waals surface area contributed by atoms with E-state index in [0.717, 1.165) is 30.5 Å². The molecule has 5 nitrogen and oxygen atoms in total. The molecule has 27 heavy (non-hydrogen) atoms. The summed E-state index contributed by atoms with van der Waals surface area (Å²) < 4.78 is 13.1. The number of fused-ring (bicyclic) bond motifs is 1. The fourth-order valence-electron chi connectivity index (χ4n) is 3.71. The van der Waals surface area contributed by atoms with Gasteiger partial charge in [-0.25, -0.2) is 9.37 Å². The number of nitrogens with zero attached hydrogens (tertiary/aromatic N) is 1. The Labute approximate surface area is 157 Å². The van der Waals surface area contributed by atoms with Gasteiger partial charge < -0.3 is 10.3 Å². The highest BCUT2D eigenvalue weighted by Crippen LogP contribution is 2.32. The lowest BCUT2D eigenvalue weighted by Crippen LogP contribution is -2.29. The van der Waals surface area contributed by atoms with E-state index in [0.29, 0.717) is 42.6 Å². The molecule has 142 valence electrons. The number of carbonyl (C=O) groups excluding carboxylic acids is 1. The summed E-state index contributed by atoms with van der Waals surface area (Å²) in [6.07, 6.45) is 6.16. The van der Waals surface area contributed by atoms with Crippen LogP contribution in [0.15, 0.2) is 29.1 Å². The van der Waals surface area contributed by atoms with Crippen LogP contribution in [-0.2, 0) is 17.6 Å². The Kier molecular flexibility index (Phi) is 5.05. The first kappa shape index (κ1) is 17.9. The summed E-state index contributed by atoms with van der Waals surface area (Å²) in [6, 6.07) is 5.96. The van der Waals surface area contributed by atoms with Crippen molar-refractivity contribution in [2.45, 2.75) is 44.9 Å². The molecule has 1 atom stereocenters. The zero-order valence-corrected chi connectivity index (χ0v) is 15.3. The summed E-state index contributed by atoms with van der Waals surface area (Å²) in [5.41, 5.74) is 2.15. The quantitative estimate of drug-likeness (QED) is 0.796. The van der Waals surface area contributed by atoms with E-state index in [1.165, 1.54) is 25.0 Å². The van der Waals surface area contributed by atoms with E-state index in [4.69, 9.17) is 0 Å². The topological polar surface area (TPSA) is 74.8 Å². The van der Waals surface area contributed by atoms with Crippen molar-refractivity contribution in [1.29, 1.82) is 0 Å². The molecule has 1 unspecified atom stereocenters. The number of aryl methyl sites for hydroxylation is 1. The van der Waals surface area contributed by atoms with Gasteiger partial charge in [-0.15, -0.1) is 0 Å². The molecule has 6 heteroatoms. The summed E-state index contributed by atoms with van der Waals surface area (Å²) in [5.74, 6) is 1.26. The average Bonchev–Trinajstić information content (AvgIpc) is 3.47. The number of aromatic amines is 1. The first-order valence-electron chi connectivity index (χ1n) is 9.73. The number of carbonyl (C=O) groups is 1. The summed E-state index contributed by atoms with van der Waals surface area (Å²) >= 11 is 0. The number of rotatable bonds is 5. The third-order valence-electron chi connectivity index (χ3n) is 5.57. The van der Waals surface area contributed by atoms with Crippen molar-refractivity contribution in [2.24, 2.45) is 11.8 Å². The molecule has 1 fully saturated rings. The maximum atomic E-state index is 13.1. The average molecular weight is 369 g/mol. The van der Waals surface area contributed by atoms with Crippen molar-refractivity contribution >= 4 is 5.91 Å². The van der Waals surface area contributed by atoms with Gasteiger partial charge in [0, 0.05) is 24.1 Å². The molecule has 0 bridgehead atoms. The molecule has 1 aromatic carbocycles.